The Bertz CT molecular complexity index is 429. The van der Waals surface area contributed by atoms with Crippen molar-refractivity contribution in [2.24, 2.45) is 0 Å². The van der Waals surface area contributed by atoms with Crippen LogP contribution in [0.5, 0.6) is 5.75 Å². The Morgan fingerprint density at radius 3 is 2.47 bits per heavy atom. The van der Waals surface area contributed by atoms with Gasteiger partial charge in [0.1, 0.15) is 5.75 Å². The average molecular weight is 257 g/mol. The van der Waals surface area contributed by atoms with Crippen molar-refractivity contribution in [3.63, 3.8) is 0 Å². The lowest BCUT2D eigenvalue weighted by atomic mass is 10.2. The van der Waals surface area contributed by atoms with Crippen LogP contribution in [0.3, 0.4) is 0 Å². The van der Waals surface area contributed by atoms with E-state index >= 15 is 0 Å². The van der Waals surface area contributed by atoms with Crippen LogP contribution in [0.15, 0.2) is 18.2 Å². The van der Waals surface area contributed by atoms with Gasteiger partial charge in [-0.25, -0.2) is 0 Å². The number of ether oxygens (including phenoxy) is 2. The third-order valence-corrected chi connectivity index (χ3v) is 2.55. The van der Waals surface area contributed by atoms with Crippen molar-refractivity contribution in [1.82, 2.24) is 0 Å². The first kappa shape index (κ1) is 13.5. The van der Waals surface area contributed by atoms with E-state index in [9.17, 15) is 9.59 Å². The SMILES string of the molecule is COC(=O)CCC(=O)Oc1ccc(Cl)c(C)c1. The molecule has 0 N–H and O–H groups in total. The largest absolute Gasteiger partial charge is 0.469 e. The van der Waals surface area contributed by atoms with E-state index in [1.165, 1.54) is 7.11 Å². The molecular weight excluding hydrogens is 244 g/mol. The average Bonchev–Trinajstić information content (AvgIpc) is 2.31. The summed E-state index contributed by atoms with van der Waals surface area (Å²) in [7, 11) is 1.27. The molecule has 1 aromatic carbocycles. The van der Waals surface area contributed by atoms with Crippen LogP contribution in [0.25, 0.3) is 0 Å². The summed E-state index contributed by atoms with van der Waals surface area (Å²) in [6.45, 7) is 1.81. The maximum Gasteiger partial charge on any atom is 0.311 e. The Balaban J connectivity index is 2.50. The molecule has 92 valence electrons. The number of aryl methyl sites for hydroxylation is 1. The highest BCUT2D eigenvalue weighted by Gasteiger charge is 2.09. The Kier molecular flexibility index (Phi) is 4.97. The first-order valence-corrected chi connectivity index (χ1v) is 5.44. The second-order valence-corrected chi connectivity index (χ2v) is 3.87. The molecule has 17 heavy (non-hydrogen) atoms. The van der Waals surface area contributed by atoms with Gasteiger partial charge in [0, 0.05) is 5.02 Å². The molecular formula is C12H13ClO4. The number of halogens is 1. The van der Waals surface area contributed by atoms with E-state index in [0.717, 1.165) is 5.56 Å². The second-order valence-electron chi connectivity index (χ2n) is 3.46. The van der Waals surface area contributed by atoms with Gasteiger partial charge in [-0.2, -0.15) is 0 Å². The highest BCUT2D eigenvalue weighted by molar-refractivity contribution is 6.31. The zero-order chi connectivity index (χ0) is 12.8. The van der Waals surface area contributed by atoms with Crippen LogP contribution in [0.4, 0.5) is 0 Å². The summed E-state index contributed by atoms with van der Waals surface area (Å²) in [6.07, 6.45) is 0.0102. The third-order valence-electron chi connectivity index (χ3n) is 2.12. The lowest BCUT2D eigenvalue weighted by Crippen LogP contribution is -2.11. The molecule has 0 amide bonds. The van der Waals surface area contributed by atoms with E-state index < -0.39 is 11.9 Å². The summed E-state index contributed by atoms with van der Waals surface area (Å²) in [5.74, 6) is -0.492. The van der Waals surface area contributed by atoms with Gasteiger partial charge in [-0.3, -0.25) is 9.59 Å². The summed E-state index contributed by atoms with van der Waals surface area (Å²) in [5, 5.41) is 0.611. The van der Waals surface area contributed by atoms with Gasteiger partial charge >= 0.3 is 11.9 Å². The van der Waals surface area contributed by atoms with Crippen LogP contribution in [0.1, 0.15) is 18.4 Å². The molecule has 0 heterocycles. The fourth-order valence-electron chi connectivity index (χ4n) is 1.17. The van der Waals surface area contributed by atoms with Crippen molar-refractivity contribution < 1.29 is 19.1 Å². The molecule has 0 bridgehead atoms. The molecule has 5 heteroatoms. The zero-order valence-electron chi connectivity index (χ0n) is 9.66. The molecule has 0 saturated carbocycles. The van der Waals surface area contributed by atoms with E-state index in [-0.39, 0.29) is 12.8 Å². The van der Waals surface area contributed by atoms with Crippen molar-refractivity contribution in [2.45, 2.75) is 19.8 Å². The molecule has 0 aromatic heterocycles. The van der Waals surface area contributed by atoms with Gasteiger partial charge in [-0.15, -0.1) is 0 Å². The van der Waals surface area contributed by atoms with Crippen LogP contribution in [-0.2, 0) is 14.3 Å². The van der Waals surface area contributed by atoms with E-state index in [4.69, 9.17) is 16.3 Å². The molecule has 1 aromatic rings. The highest BCUT2D eigenvalue weighted by atomic mass is 35.5. The van der Waals surface area contributed by atoms with Crippen LogP contribution in [-0.4, -0.2) is 19.0 Å². The number of methoxy groups -OCH3 is 1. The topological polar surface area (TPSA) is 52.6 Å². The van der Waals surface area contributed by atoms with E-state index in [1.807, 2.05) is 6.92 Å². The number of carbonyl (C=O) groups excluding carboxylic acids is 2. The van der Waals surface area contributed by atoms with Crippen molar-refractivity contribution in [3.8, 4) is 5.75 Å². The maximum absolute atomic E-state index is 11.4. The van der Waals surface area contributed by atoms with E-state index in [1.54, 1.807) is 18.2 Å². The normalized spacial score (nSPS) is 9.82. The monoisotopic (exact) mass is 256 g/mol. The molecule has 4 nitrogen and oxygen atoms in total. The van der Waals surface area contributed by atoms with Gasteiger partial charge in [0.2, 0.25) is 0 Å². The van der Waals surface area contributed by atoms with Crippen molar-refractivity contribution in [3.05, 3.63) is 28.8 Å². The summed E-state index contributed by atoms with van der Waals surface area (Å²) in [6, 6.07) is 4.92. The van der Waals surface area contributed by atoms with Gasteiger partial charge in [-0.05, 0) is 30.7 Å². The van der Waals surface area contributed by atoms with Crippen molar-refractivity contribution in [1.29, 1.82) is 0 Å². The minimum absolute atomic E-state index is 0.00561. The van der Waals surface area contributed by atoms with Crippen molar-refractivity contribution in [2.75, 3.05) is 7.11 Å². The predicted molar refractivity (Wildman–Crippen MR) is 63.1 cm³/mol. The number of esters is 2. The quantitative estimate of drug-likeness (QED) is 0.614. The van der Waals surface area contributed by atoms with Gasteiger partial charge in [0.05, 0.1) is 20.0 Å². The Hall–Kier alpha value is -1.55. The molecule has 0 spiro atoms. The fraction of sp³-hybridized carbons (Fsp3) is 0.333. The summed E-state index contributed by atoms with van der Waals surface area (Å²) >= 11 is 5.84. The molecule has 0 unspecified atom stereocenters. The molecule has 0 saturated heterocycles. The third kappa shape index (κ3) is 4.44. The number of carbonyl (C=O) groups is 2. The molecule has 0 aliphatic heterocycles. The minimum Gasteiger partial charge on any atom is -0.469 e. The zero-order valence-corrected chi connectivity index (χ0v) is 10.4. The number of rotatable bonds is 4. The molecule has 0 atom stereocenters. The summed E-state index contributed by atoms with van der Waals surface area (Å²) in [5.41, 5.74) is 0.824. The van der Waals surface area contributed by atoms with Gasteiger partial charge < -0.3 is 9.47 Å². The smallest absolute Gasteiger partial charge is 0.311 e. The van der Waals surface area contributed by atoms with Crippen LogP contribution in [0, 0.1) is 6.92 Å². The van der Waals surface area contributed by atoms with Gasteiger partial charge in [0.25, 0.3) is 0 Å². The number of hydrogen-bond donors (Lipinski definition) is 0. The Morgan fingerprint density at radius 1 is 1.24 bits per heavy atom. The Labute approximate surface area is 104 Å². The van der Waals surface area contributed by atoms with E-state index in [0.29, 0.717) is 10.8 Å². The minimum atomic E-state index is -0.475. The van der Waals surface area contributed by atoms with Crippen LogP contribution < -0.4 is 4.74 Å². The standard InChI is InChI=1S/C12H13ClO4/c1-8-7-9(3-4-10(8)13)17-12(15)6-5-11(14)16-2/h3-4,7H,5-6H2,1-2H3. The maximum atomic E-state index is 11.4. The summed E-state index contributed by atoms with van der Waals surface area (Å²) in [4.78, 5) is 22.2. The summed E-state index contributed by atoms with van der Waals surface area (Å²) < 4.78 is 9.46. The van der Waals surface area contributed by atoms with Crippen molar-refractivity contribution >= 4 is 23.5 Å². The second kappa shape index (κ2) is 6.25. The first-order chi connectivity index (χ1) is 8.02. The molecule has 0 fully saturated rings. The fourth-order valence-corrected chi connectivity index (χ4v) is 1.29. The predicted octanol–water partition coefficient (Wildman–Crippen LogP) is 2.51. The molecule has 0 radical (unpaired) electrons. The number of hydrogen-bond acceptors (Lipinski definition) is 4. The lowest BCUT2D eigenvalue weighted by molar-refractivity contribution is -0.144. The lowest BCUT2D eigenvalue weighted by Gasteiger charge is -2.05. The van der Waals surface area contributed by atoms with Crippen LogP contribution >= 0.6 is 11.6 Å². The van der Waals surface area contributed by atoms with Gasteiger partial charge in [-0.1, -0.05) is 11.6 Å². The molecule has 1 rings (SSSR count). The first-order valence-electron chi connectivity index (χ1n) is 5.06. The molecule has 0 aliphatic carbocycles. The Morgan fingerprint density at radius 2 is 1.88 bits per heavy atom. The molecule has 0 aliphatic rings. The van der Waals surface area contributed by atoms with Crippen LogP contribution in [0.2, 0.25) is 5.02 Å². The van der Waals surface area contributed by atoms with E-state index in [2.05, 4.69) is 4.74 Å². The van der Waals surface area contributed by atoms with Gasteiger partial charge in [0.15, 0.2) is 0 Å². The number of benzene rings is 1. The highest BCUT2D eigenvalue weighted by Crippen LogP contribution is 2.21.